The Hall–Kier alpha value is -1.14. The first kappa shape index (κ1) is 14.9. The van der Waals surface area contributed by atoms with E-state index in [4.69, 9.17) is 5.73 Å². The van der Waals surface area contributed by atoms with Crippen LogP contribution in [0.3, 0.4) is 0 Å². The molecular formula is C12H24N4O2. The number of amides is 2. The van der Waals surface area contributed by atoms with Crippen molar-refractivity contribution in [2.45, 2.75) is 26.3 Å². The Bertz CT molecular complexity index is 288. The van der Waals surface area contributed by atoms with Crippen molar-refractivity contribution >= 4 is 11.8 Å². The molecule has 0 aromatic carbocycles. The Morgan fingerprint density at radius 2 is 1.89 bits per heavy atom. The summed E-state index contributed by atoms with van der Waals surface area (Å²) in [4.78, 5) is 27.0. The standard InChI is InChI=1S/C12H24N4O2/c1-3-10(2)15-4-6-16(7-5-15)12(18)9-14-11(17)8-13/h10H,3-9,13H2,1-2H3,(H,14,17). The van der Waals surface area contributed by atoms with E-state index < -0.39 is 0 Å². The predicted octanol–water partition coefficient (Wildman–Crippen LogP) is -0.996. The SMILES string of the molecule is CCC(C)N1CCN(C(=O)CNC(=O)CN)CC1. The first-order chi connectivity index (χ1) is 8.58. The van der Waals surface area contributed by atoms with Gasteiger partial charge in [-0.15, -0.1) is 0 Å². The van der Waals surface area contributed by atoms with E-state index >= 15 is 0 Å². The zero-order valence-electron chi connectivity index (χ0n) is 11.3. The summed E-state index contributed by atoms with van der Waals surface area (Å²) in [5.74, 6) is -0.317. The van der Waals surface area contributed by atoms with Crippen LogP contribution in [0.25, 0.3) is 0 Å². The molecule has 6 heteroatoms. The molecule has 2 amide bonds. The van der Waals surface area contributed by atoms with Crippen LogP contribution >= 0.6 is 0 Å². The molecule has 18 heavy (non-hydrogen) atoms. The number of nitrogens with zero attached hydrogens (tertiary/aromatic N) is 2. The van der Waals surface area contributed by atoms with Gasteiger partial charge in [0.15, 0.2) is 0 Å². The quantitative estimate of drug-likeness (QED) is 0.661. The highest BCUT2D eigenvalue weighted by Gasteiger charge is 2.23. The summed E-state index contributed by atoms with van der Waals surface area (Å²) in [7, 11) is 0. The van der Waals surface area contributed by atoms with Crippen LogP contribution in [-0.2, 0) is 9.59 Å². The fraction of sp³-hybridized carbons (Fsp3) is 0.833. The van der Waals surface area contributed by atoms with Crippen molar-refractivity contribution in [3.63, 3.8) is 0 Å². The van der Waals surface area contributed by atoms with Gasteiger partial charge in [-0.25, -0.2) is 0 Å². The molecule has 3 N–H and O–H groups in total. The second kappa shape index (κ2) is 7.33. The summed E-state index contributed by atoms with van der Waals surface area (Å²) in [5.41, 5.74) is 5.16. The molecule has 1 fully saturated rings. The van der Waals surface area contributed by atoms with Crippen molar-refractivity contribution in [2.24, 2.45) is 5.73 Å². The molecular weight excluding hydrogens is 232 g/mol. The van der Waals surface area contributed by atoms with Crippen molar-refractivity contribution in [2.75, 3.05) is 39.3 Å². The van der Waals surface area contributed by atoms with Gasteiger partial charge in [0.05, 0.1) is 13.1 Å². The second-order valence-corrected chi connectivity index (χ2v) is 4.65. The van der Waals surface area contributed by atoms with Gasteiger partial charge in [-0.1, -0.05) is 6.92 Å². The number of hydrogen-bond donors (Lipinski definition) is 2. The summed E-state index contributed by atoms with van der Waals surface area (Å²) >= 11 is 0. The molecule has 0 saturated carbocycles. The zero-order chi connectivity index (χ0) is 13.5. The minimum Gasteiger partial charge on any atom is -0.346 e. The lowest BCUT2D eigenvalue weighted by Gasteiger charge is -2.37. The Labute approximate surface area is 108 Å². The minimum atomic E-state index is -0.290. The van der Waals surface area contributed by atoms with E-state index in [-0.39, 0.29) is 24.9 Å². The maximum Gasteiger partial charge on any atom is 0.242 e. The molecule has 1 unspecified atom stereocenters. The first-order valence-corrected chi connectivity index (χ1v) is 6.57. The molecule has 6 nitrogen and oxygen atoms in total. The molecule has 1 rings (SSSR count). The molecule has 1 saturated heterocycles. The van der Waals surface area contributed by atoms with E-state index in [2.05, 4.69) is 24.1 Å². The highest BCUT2D eigenvalue weighted by atomic mass is 16.2. The monoisotopic (exact) mass is 256 g/mol. The van der Waals surface area contributed by atoms with Crippen molar-refractivity contribution in [3.8, 4) is 0 Å². The van der Waals surface area contributed by atoms with E-state index in [1.54, 1.807) is 4.90 Å². The maximum atomic E-state index is 11.8. The number of nitrogens with two attached hydrogens (primary N) is 1. The summed E-state index contributed by atoms with van der Waals surface area (Å²) in [6, 6.07) is 0.569. The van der Waals surface area contributed by atoms with Crippen LogP contribution in [-0.4, -0.2) is 66.9 Å². The van der Waals surface area contributed by atoms with Gasteiger partial charge in [-0.05, 0) is 13.3 Å². The molecule has 104 valence electrons. The van der Waals surface area contributed by atoms with Gasteiger partial charge in [0, 0.05) is 32.2 Å². The van der Waals surface area contributed by atoms with Gasteiger partial charge < -0.3 is 16.0 Å². The lowest BCUT2D eigenvalue weighted by molar-refractivity contribution is -0.134. The number of carbonyl (C=O) groups excluding carboxylic acids is 2. The summed E-state index contributed by atoms with van der Waals surface area (Å²) in [6.45, 7) is 7.65. The third-order valence-electron chi connectivity index (χ3n) is 3.50. The van der Waals surface area contributed by atoms with E-state index in [0.29, 0.717) is 6.04 Å². The smallest absolute Gasteiger partial charge is 0.242 e. The van der Waals surface area contributed by atoms with Crippen LogP contribution in [0, 0.1) is 0 Å². The van der Waals surface area contributed by atoms with E-state index in [1.807, 2.05) is 0 Å². The van der Waals surface area contributed by atoms with Gasteiger partial charge in [0.1, 0.15) is 0 Å². The number of carbonyl (C=O) groups is 2. The molecule has 1 aliphatic heterocycles. The normalized spacial score (nSPS) is 18.5. The second-order valence-electron chi connectivity index (χ2n) is 4.65. The lowest BCUT2D eigenvalue weighted by atomic mass is 10.2. The first-order valence-electron chi connectivity index (χ1n) is 6.57. The molecule has 0 aromatic heterocycles. The van der Waals surface area contributed by atoms with Gasteiger partial charge in [-0.2, -0.15) is 0 Å². The van der Waals surface area contributed by atoms with Crippen molar-refractivity contribution < 1.29 is 9.59 Å². The largest absolute Gasteiger partial charge is 0.346 e. The average molecular weight is 256 g/mol. The summed E-state index contributed by atoms with van der Waals surface area (Å²) < 4.78 is 0. The predicted molar refractivity (Wildman–Crippen MR) is 70.0 cm³/mol. The van der Waals surface area contributed by atoms with Crippen molar-refractivity contribution in [3.05, 3.63) is 0 Å². The van der Waals surface area contributed by atoms with E-state index in [0.717, 1.165) is 32.6 Å². The molecule has 0 spiro atoms. The topological polar surface area (TPSA) is 78.7 Å². The molecule has 1 atom stereocenters. The Morgan fingerprint density at radius 1 is 1.28 bits per heavy atom. The van der Waals surface area contributed by atoms with Crippen LogP contribution in [0.1, 0.15) is 20.3 Å². The summed E-state index contributed by atoms with van der Waals surface area (Å²) in [5, 5.41) is 2.51. The molecule has 0 radical (unpaired) electrons. The molecule has 0 aromatic rings. The fourth-order valence-electron chi connectivity index (χ4n) is 2.03. The van der Waals surface area contributed by atoms with Crippen LogP contribution < -0.4 is 11.1 Å². The Morgan fingerprint density at radius 3 is 2.39 bits per heavy atom. The molecule has 0 aliphatic carbocycles. The number of rotatable bonds is 5. The molecule has 1 aliphatic rings. The van der Waals surface area contributed by atoms with Crippen LogP contribution in [0.5, 0.6) is 0 Å². The average Bonchev–Trinajstić information content (AvgIpc) is 2.43. The highest BCUT2D eigenvalue weighted by molar-refractivity contribution is 5.85. The van der Waals surface area contributed by atoms with Gasteiger partial charge in [0.25, 0.3) is 0 Å². The minimum absolute atomic E-state index is 0.0272. The van der Waals surface area contributed by atoms with Crippen molar-refractivity contribution in [1.29, 1.82) is 0 Å². The maximum absolute atomic E-state index is 11.8. The van der Waals surface area contributed by atoms with Crippen molar-refractivity contribution in [1.82, 2.24) is 15.1 Å². The van der Waals surface area contributed by atoms with Crippen LogP contribution in [0.4, 0.5) is 0 Å². The highest BCUT2D eigenvalue weighted by Crippen LogP contribution is 2.08. The Kier molecular flexibility index (Phi) is 6.07. The van der Waals surface area contributed by atoms with Gasteiger partial charge in [-0.3, -0.25) is 14.5 Å². The van der Waals surface area contributed by atoms with Gasteiger partial charge >= 0.3 is 0 Å². The lowest BCUT2D eigenvalue weighted by Crippen LogP contribution is -2.53. The van der Waals surface area contributed by atoms with E-state index in [9.17, 15) is 9.59 Å². The number of hydrogen-bond acceptors (Lipinski definition) is 4. The third kappa shape index (κ3) is 4.27. The molecule has 0 bridgehead atoms. The Balaban J connectivity index is 2.29. The fourth-order valence-corrected chi connectivity index (χ4v) is 2.03. The number of piperazine rings is 1. The zero-order valence-corrected chi connectivity index (χ0v) is 11.3. The van der Waals surface area contributed by atoms with E-state index in [1.165, 1.54) is 0 Å². The van der Waals surface area contributed by atoms with Gasteiger partial charge in [0.2, 0.25) is 11.8 Å². The third-order valence-corrected chi connectivity index (χ3v) is 3.50. The summed E-state index contributed by atoms with van der Waals surface area (Å²) in [6.07, 6.45) is 1.13. The van der Waals surface area contributed by atoms with Crippen LogP contribution in [0.2, 0.25) is 0 Å². The number of nitrogens with one attached hydrogen (secondary N) is 1. The molecule has 1 heterocycles. The van der Waals surface area contributed by atoms with Crippen LogP contribution in [0.15, 0.2) is 0 Å².